The number of amides is 3. The minimum absolute atomic E-state index is 0.106. The smallest absolute Gasteiger partial charge is 0.313 e. The lowest BCUT2D eigenvalue weighted by molar-refractivity contribution is -0.164. The summed E-state index contributed by atoms with van der Waals surface area (Å²) in [5.41, 5.74) is 1.16. The molecule has 11 heteroatoms. The number of carbonyl (C=O) groups is 4. The van der Waals surface area contributed by atoms with Crippen LogP contribution >= 0.6 is 0 Å². The first-order valence-corrected chi connectivity index (χ1v) is 18.6. The van der Waals surface area contributed by atoms with Gasteiger partial charge in [0, 0.05) is 57.6 Å². The maximum atomic E-state index is 14.8. The summed E-state index contributed by atoms with van der Waals surface area (Å²) in [6.07, 6.45) is 3.87. The molecule has 0 radical (unpaired) electrons. The van der Waals surface area contributed by atoms with Crippen molar-refractivity contribution in [3.05, 3.63) is 85.5 Å². The molecule has 0 saturated carbocycles. The molecule has 280 valence electrons. The Morgan fingerprint density at radius 3 is 2.35 bits per heavy atom. The van der Waals surface area contributed by atoms with Gasteiger partial charge in [-0.3, -0.25) is 19.2 Å². The second-order valence-electron chi connectivity index (χ2n) is 13.9. The molecule has 2 aromatic rings. The van der Waals surface area contributed by atoms with E-state index in [1.807, 2.05) is 61.5 Å². The number of anilines is 2. The molecule has 2 aromatic carbocycles. The maximum Gasteiger partial charge on any atom is 0.313 e. The number of ether oxygens (including phenoxy) is 2. The van der Waals surface area contributed by atoms with E-state index in [0.717, 1.165) is 18.8 Å². The highest BCUT2D eigenvalue weighted by atomic mass is 16.6. The number of nitrogens with zero attached hydrogens (tertiary/aromatic N) is 4. The molecule has 11 nitrogen and oxygen atoms in total. The van der Waals surface area contributed by atoms with Crippen LogP contribution in [0.5, 0.6) is 0 Å². The number of aliphatic hydroxyl groups excluding tert-OH is 1. The van der Waals surface area contributed by atoms with Gasteiger partial charge in [0.2, 0.25) is 11.8 Å². The van der Waals surface area contributed by atoms with Gasteiger partial charge in [-0.1, -0.05) is 42.5 Å². The van der Waals surface area contributed by atoms with E-state index < -0.39 is 47.7 Å². The highest BCUT2D eigenvalue weighted by Crippen LogP contribution is 2.59. The topological polar surface area (TPSA) is 120 Å². The molecule has 3 saturated heterocycles. The first-order chi connectivity index (χ1) is 25.1. The third-order valence-electron chi connectivity index (χ3n) is 11.1. The van der Waals surface area contributed by atoms with Crippen LogP contribution < -0.4 is 9.80 Å². The Morgan fingerprint density at radius 1 is 1.06 bits per heavy atom. The van der Waals surface area contributed by atoms with E-state index in [1.54, 1.807) is 29.0 Å². The van der Waals surface area contributed by atoms with Crippen molar-refractivity contribution in [3.63, 3.8) is 0 Å². The van der Waals surface area contributed by atoms with Gasteiger partial charge in [-0.05, 0) is 76.3 Å². The number of hydrogen-bond donors (Lipinski definition) is 1. The van der Waals surface area contributed by atoms with E-state index in [1.165, 1.54) is 4.90 Å². The Bertz CT molecular complexity index is 1600. The van der Waals surface area contributed by atoms with Crippen LogP contribution in [0.1, 0.15) is 64.5 Å². The van der Waals surface area contributed by atoms with Gasteiger partial charge in [0.1, 0.15) is 17.7 Å². The summed E-state index contributed by atoms with van der Waals surface area (Å²) in [5.74, 6) is -3.27. The van der Waals surface area contributed by atoms with Crippen molar-refractivity contribution in [3.8, 4) is 0 Å². The number of rotatable bonds is 18. The minimum Gasteiger partial charge on any atom is -0.455 e. The SMILES string of the molecule is C=CCCC(=O)N(C)[C@@H](C)[C@@H](OC(=O)[C@@H]1[C@@H]2CC[C@]3(O2)[C@H](C(=O)N(CC=C)c2ccc(N(CC)CC)cc2)N(CCCO)C(=O)[C@@H]13)c1ccccc1. The summed E-state index contributed by atoms with van der Waals surface area (Å²) in [5, 5.41) is 9.80. The molecule has 3 aliphatic rings. The quantitative estimate of drug-likeness (QED) is 0.171. The first kappa shape index (κ1) is 38.7. The van der Waals surface area contributed by atoms with E-state index in [-0.39, 0.29) is 50.3 Å². The molecule has 1 spiro atoms. The predicted octanol–water partition coefficient (Wildman–Crippen LogP) is 4.91. The molecule has 0 unspecified atom stereocenters. The van der Waals surface area contributed by atoms with E-state index in [0.29, 0.717) is 30.5 Å². The summed E-state index contributed by atoms with van der Waals surface area (Å²) in [6.45, 7) is 15.5. The molecule has 3 heterocycles. The average molecular weight is 715 g/mol. The maximum absolute atomic E-state index is 14.8. The van der Waals surface area contributed by atoms with E-state index >= 15 is 0 Å². The molecule has 3 amide bonds. The zero-order chi connectivity index (χ0) is 37.6. The fourth-order valence-corrected chi connectivity index (χ4v) is 8.34. The number of aliphatic hydroxyl groups is 1. The molecule has 0 aromatic heterocycles. The monoisotopic (exact) mass is 714 g/mol. The van der Waals surface area contributed by atoms with Crippen LogP contribution in [0, 0.1) is 11.8 Å². The lowest BCUT2D eigenvalue weighted by atomic mass is 9.70. The fourth-order valence-electron chi connectivity index (χ4n) is 8.34. The van der Waals surface area contributed by atoms with Gasteiger partial charge >= 0.3 is 5.97 Å². The number of hydrogen-bond acceptors (Lipinski definition) is 8. The van der Waals surface area contributed by atoms with Crippen molar-refractivity contribution in [2.75, 3.05) is 49.6 Å². The molecule has 7 atom stereocenters. The third kappa shape index (κ3) is 7.25. The van der Waals surface area contributed by atoms with Crippen molar-refractivity contribution in [2.24, 2.45) is 11.8 Å². The zero-order valence-electron chi connectivity index (χ0n) is 31.0. The van der Waals surface area contributed by atoms with Crippen LogP contribution in [0.25, 0.3) is 0 Å². The number of esters is 1. The van der Waals surface area contributed by atoms with Gasteiger partial charge in [0.25, 0.3) is 5.91 Å². The molecular weight excluding hydrogens is 660 g/mol. The van der Waals surface area contributed by atoms with Gasteiger partial charge in [-0.15, -0.1) is 13.2 Å². The molecule has 1 N–H and O–H groups in total. The summed E-state index contributed by atoms with van der Waals surface area (Å²) in [4.78, 5) is 63.7. The van der Waals surface area contributed by atoms with Gasteiger partial charge < -0.3 is 34.2 Å². The Balaban J connectivity index is 1.47. The third-order valence-corrected chi connectivity index (χ3v) is 11.1. The van der Waals surface area contributed by atoms with Gasteiger partial charge in [0.05, 0.1) is 24.0 Å². The molecular formula is C41H54N4O7. The Morgan fingerprint density at radius 2 is 1.73 bits per heavy atom. The number of allylic oxidation sites excluding steroid dienone is 1. The Labute approximate surface area is 307 Å². The minimum atomic E-state index is -1.25. The van der Waals surface area contributed by atoms with Gasteiger partial charge in [-0.2, -0.15) is 0 Å². The summed E-state index contributed by atoms with van der Waals surface area (Å²) < 4.78 is 13.0. The van der Waals surface area contributed by atoms with E-state index in [4.69, 9.17) is 9.47 Å². The first-order valence-electron chi connectivity index (χ1n) is 18.6. The van der Waals surface area contributed by atoms with Crippen LogP contribution in [0.15, 0.2) is 79.9 Å². The highest BCUT2D eigenvalue weighted by molar-refractivity contribution is 6.04. The molecule has 2 bridgehead atoms. The van der Waals surface area contributed by atoms with Crippen LogP contribution in [-0.4, -0.2) is 102 Å². The number of benzene rings is 2. The largest absolute Gasteiger partial charge is 0.455 e. The molecule has 52 heavy (non-hydrogen) atoms. The van der Waals surface area contributed by atoms with Gasteiger partial charge in [-0.25, -0.2) is 0 Å². The highest BCUT2D eigenvalue weighted by Gasteiger charge is 2.75. The van der Waals surface area contributed by atoms with Crippen LogP contribution in [-0.2, 0) is 28.7 Å². The number of fused-ring (bicyclic) bond motifs is 1. The summed E-state index contributed by atoms with van der Waals surface area (Å²) in [7, 11) is 1.69. The Hall–Kier alpha value is -4.48. The molecule has 5 rings (SSSR count). The summed E-state index contributed by atoms with van der Waals surface area (Å²) in [6, 6.07) is 15.5. The molecule has 3 aliphatic heterocycles. The number of carbonyl (C=O) groups excluding carboxylic acids is 4. The lowest BCUT2D eigenvalue weighted by Gasteiger charge is -2.37. The van der Waals surface area contributed by atoms with Crippen LogP contribution in [0.4, 0.5) is 11.4 Å². The number of likely N-dealkylation sites (tertiary alicyclic amines) is 1. The van der Waals surface area contributed by atoms with Gasteiger partial charge in [0.15, 0.2) is 0 Å². The van der Waals surface area contributed by atoms with Crippen molar-refractivity contribution >= 4 is 35.1 Å². The van der Waals surface area contributed by atoms with Crippen molar-refractivity contribution < 1.29 is 33.8 Å². The van der Waals surface area contributed by atoms with Crippen LogP contribution in [0.2, 0.25) is 0 Å². The van der Waals surface area contributed by atoms with Crippen LogP contribution in [0.3, 0.4) is 0 Å². The van der Waals surface area contributed by atoms with Crippen molar-refractivity contribution in [1.82, 2.24) is 9.80 Å². The van der Waals surface area contributed by atoms with E-state index in [2.05, 4.69) is 31.9 Å². The van der Waals surface area contributed by atoms with Crippen molar-refractivity contribution in [1.29, 1.82) is 0 Å². The summed E-state index contributed by atoms with van der Waals surface area (Å²) >= 11 is 0. The second kappa shape index (κ2) is 16.9. The Kier molecular flexibility index (Phi) is 12.6. The van der Waals surface area contributed by atoms with Crippen molar-refractivity contribution in [2.45, 2.75) is 82.8 Å². The second-order valence-corrected chi connectivity index (χ2v) is 13.9. The molecule has 0 aliphatic carbocycles. The standard InChI is InChI=1S/C41H54N4O7/c1-7-11-18-33(47)42(6)28(5)36(29-16-13-12-14-17-29)51-40(50)34-32-23-24-41(52-32)35(34)38(48)45(26-15-27-46)37(41)39(49)44(25-8-2)31-21-19-30(20-22-31)43(9-3)10-4/h7-8,12-14,16-17,19-22,28,32,34-37,46H,1-2,9-11,15,18,23-27H2,3-6H3/t28-,32-,34+,35+,36+,37-,41+/m0/s1. The normalized spacial score (nSPS) is 24.2. The lowest BCUT2D eigenvalue weighted by Crippen LogP contribution is -2.56. The zero-order valence-corrected chi connectivity index (χ0v) is 31.0. The fraction of sp³-hybridized carbons (Fsp3) is 0.512. The average Bonchev–Trinajstić information content (AvgIpc) is 3.81. The predicted molar refractivity (Wildman–Crippen MR) is 201 cm³/mol. The number of likely N-dealkylation sites (N-methyl/N-ethyl adjacent to an activating group) is 1. The van der Waals surface area contributed by atoms with E-state index in [9.17, 15) is 24.3 Å². The molecule has 3 fully saturated rings.